The Morgan fingerprint density at radius 3 is 2.49 bits per heavy atom. The smallest absolute Gasteiger partial charge is 0.231 e. The summed E-state index contributed by atoms with van der Waals surface area (Å²) in [4.78, 5) is 31.2. The first-order chi connectivity index (χ1) is 18.4. The van der Waals surface area contributed by atoms with Gasteiger partial charge in [-0.2, -0.15) is 0 Å². The van der Waals surface area contributed by atoms with Gasteiger partial charge in [-0.05, 0) is 53.0 Å². The number of guanidine groups is 1. The quantitative estimate of drug-likeness (QED) is 0.379. The molecule has 1 saturated carbocycles. The van der Waals surface area contributed by atoms with E-state index in [1.165, 1.54) is 17.0 Å². The molecule has 2 unspecified atom stereocenters. The van der Waals surface area contributed by atoms with Crippen LogP contribution in [-0.4, -0.2) is 40.4 Å². The van der Waals surface area contributed by atoms with Gasteiger partial charge in [-0.1, -0.05) is 44.7 Å². The number of aliphatic imine (C=N–C) groups is 1. The molecule has 1 aliphatic carbocycles. The molecule has 0 saturated heterocycles. The average molecular weight is 541 g/mol. The topological polar surface area (TPSA) is 97.0 Å². The summed E-state index contributed by atoms with van der Waals surface area (Å²) >= 11 is 0. The summed E-state index contributed by atoms with van der Waals surface area (Å²) in [5.41, 5.74) is 5.78. The highest BCUT2D eigenvalue weighted by Crippen LogP contribution is 2.43. The summed E-state index contributed by atoms with van der Waals surface area (Å²) in [6.07, 6.45) is 15.2. The molecule has 3 N–H and O–H groups in total. The molecule has 1 fully saturated rings. The highest BCUT2D eigenvalue weighted by molar-refractivity contribution is 5.99. The minimum absolute atomic E-state index is 0.0549. The number of nitrogens with one attached hydrogen (secondary N) is 1. The van der Waals surface area contributed by atoms with Gasteiger partial charge in [0.05, 0.1) is 18.0 Å². The molecule has 2 heterocycles. The lowest BCUT2D eigenvalue weighted by atomic mass is 9.89. The first-order valence-corrected chi connectivity index (χ1v) is 13.4. The van der Waals surface area contributed by atoms with Crippen molar-refractivity contribution in [1.82, 2.24) is 10.2 Å². The van der Waals surface area contributed by atoms with Crippen LogP contribution < -0.4 is 15.8 Å². The number of fused-ring (bicyclic) bond motifs is 1. The lowest BCUT2D eigenvalue weighted by Gasteiger charge is -2.38. The maximum Gasteiger partial charge on any atom is 0.231 e. The van der Waals surface area contributed by atoms with Gasteiger partial charge >= 0.3 is 0 Å². The van der Waals surface area contributed by atoms with Gasteiger partial charge in [0, 0.05) is 30.5 Å². The Morgan fingerprint density at radius 1 is 1.31 bits per heavy atom. The van der Waals surface area contributed by atoms with Crippen molar-refractivity contribution in [3.05, 3.63) is 54.4 Å². The minimum atomic E-state index is -0.514. The van der Waals surface area contributed by atoms with E-state index >= 15 is 0 Å². The molecule has 8 heteroatoms. The van der Waals surface area contributed by atoms with Crippen molar-refractivity contribution in [1.29, 1.82) is 0 Å². The number of nitrogens with two attached hydrogens (primary N) is 1. The number of allylic oxidation sites excluding steroid dienone is 3. The molecule has 2 amide bonds. The fourth-order valence-electron chi connectivity index (χ4n) is 4.57. The molecule has 0 radical (unpaired) electrons. The van der Waals surface area contributed by atoms with E-state index in [-0.39, 0.29) is 41.5 Å². The van der Waals surface area contributed by atoms with Gasteiger partial charge in [0.25, 0.3) is 0 Å². The second-order valence-electron chi connectivity index (χ2n) is 10.6. The molecular formula is C31H45FN4O3. The van der Waals surface area contributed by atoms with Crippen molar-refractivity contribution < 1.29 is 18.7 Å². The van der Waals surface area contributed by atoms with E-state index in [1.807, 2.05) is 60.6 Å². The number of terminal acetylenes is 1. The number of benzene rings is 1. The van der Waals surface area contributed by atoms with Gasteiger partial charge in [-0.15, -0.1) is 12.8 Å². The van der Waals surface area contributed by atoms with Gasteiger partial charge < -0.3 is 15.8 Å². The van der Waals surface area contributed by atoms with Gasteiger partial charge in [-0.25, -0.2) is 9.38 Å². The fraction of sp³-hybridized carbons (Fsp3) is 0.516. The van der Waals surface area contributed by atoms with E-state index in [0.29, 0.717) is 31.6 Å². The molecule has 39 heavy (non-hydrogen) atoms. The van der Waals surface area contributed by atoms with E-state index in [0.717, 1.165) is 5.56 Å². The maximum atomic E-state index is 13.6. The molecule has 3 aliphatic rings. The maximum absolute atomic E-state index is 13.6. The lowest BCUT2D eigenvalue weighted by molar-refractivity contribution is -0.130. The monoisotopic (exact) mass is 540 g/mol. The van der Waals surface area contributed by atoms with Gasteiger partial charge in [-0.3, -0.25) is 14.5 Å². The van der Waals surface area contributed by atoms with Gasteiger partial charge in [0.2, 0.25) is 11.8 Å². The Labute approximate surface area is 233 Å². The highest BCUT2D eigenvalue weighted by atomic mass is 19.1. The van der Waals surface area contributed by atoms with Crippen LogP contribution in [0.25, 0.3) is 0 Å². The van der Waals surface area contributed by atoms with Crippen LogP contribution in [0, 0.1) is 30.5 Å². The second-order valence-corrected chi connectivity index (χ2v) is 10.6. The zero-order valence-corrected chi connectivity index (χ0v) is 24.5. The van der Waals surface area contributed by atoms with Crippen molar-refractivity contribution in [2.45, 2.75) is 84.9 Å². The van der Waals surface area contributed by atoms with Crippen molar-refractivity contribution in [2.75, 3.05) is 6.54 Å². The zero-order chi connectivity index (χ0) is 30.0. The van der Waals surface area contributed by atoms with Crippen LogP contribution in [0.1, 0.15) is 79.3 Å². The van der Waals surface area contributed by atoms with Gasteiger partial charge in [0.15, 0.2) is 5.96 Å². The van der Waals surface area contributed by atoms with E-state index < -0.39 is 11.1 Å². The standard InChI is InChI=1S/C22H29FN4O3.C5H8.C2H6.C2H2/c1-21(2)10-18(28)27(20(24)26-21)11-12-7-15(12)19(29)25-16-9-22(3,4)30-17-8-13(23)5-6-14(16)17;1-3-5-4-2;2*1-2/h5-6,8,12,15-16H,7,9-11H2,1-4H3,(H2,24,26)(H,25,29);3-5H,1H2,2H3;1-2H3;1-2H/b;5-4-;;/t12-,15?,16?;;;/m1.../s1. The summed E-state index contributed by atoms with van der Waals surface area (Å²) in [6, 6.07) is 4.16. The third kappa shape index (κ3) is 9.58. The molecule has 0 bridgehead atoms. The van der Waals surface area contributed by atoms with Crippen molar-refractivity contribution in [3.8, 4) is 18.6 Å². The molecule has 2 aliphatic heterocycles. The largest absolute Gasteiger partial charge is 0.487 e. The van der Waals surface area contributed by atoms with Gasteiger partial charge in [0.1, 0.15) is 17.2 Å². The second kappa shape index (κ2) is 14.5. The number of hydrogen-bond donors (Lipinski definition) is 2. The third-order valence-corrected chi connectivity index (χ3v) is 6.33. The highest BCUT2D eigenvalue weighted by Gasteiger charge is 2.47. The summed E-state index contributed by atoms with van der Waals surface area (Å²) in [5.74, 6) is 0.102. The minimum Gasteiger partial charge on any atom is -0.487 e. The van der Waals surface area contributed by atoms with Crippen LogP contribution in [0.3, 0.4) is 0 Å². The molecule has 1 aromatic carbocycles. The first-order valence-electron chi connectivity index (χ1n) is 13.4. The summed E-state index contributed by atoms with van der Waals surface area (Å²) in [5, 5.41) is 3.11. The van der Waals surface area contributed by atoms with Crippen LogP contribution in [0.15, 0.2) is 48.0 Å². The Hall–Kier alpha value is -3.60. The number of ether oxygens (including phenoxy) is 1. The summed E-state index contributed by atoms with van der Waals surface area (Å²) in [7, 11) is 0. The number of amides is 2. The number of nitrogens with zero attached hydrogens (tertiary/aromatic N) is 2. The van der Waals surface area contributed by atoms with Crippen molar-refractivity contribution in [3.63, 3.8) is 0 Å². The molecule has 7 nitrogen and oxygen atoms in total. The van der Waals surface area contributed by atoms with Crippen molar-refractivity contribution >= 4 is 17.8 Å². The van der Waals surface area contributed by atoms with Crippen LogP contribution in [0.5, 0.6) is 5.75 Å². The van der Waals surface area contributed by atoms with Crippen LogP contribution in [0.2, 0.25) is 0 Å². The first kappa shape index (κ1) is 33.4. The lowest BCUT2D eigenvalue weighted by Crippen LogP contribution is -2.50. The predicted molar refractivity (Wildman–Crippen MR) is 156 cm³/mol. The molecule has 3 atom stereocenters. The molecule has 0 spiro atoms. The summed E-state index contributed by atoms with van der Waals surface area (Å²) in [6.45, 7) is 17.4. The number of carbonyl (C=O) groups excluding carboxylic acids is 2. The number of carbonyl (C=O) groups is 2. The van der Waals surface area contributed by atoms with E-state index in [9.17, 15) is 14.0 Å². The van der Waals surface area contributed by atoms with Crippen LogP contribution in [-0.2, 0) is 9.59 Å². The predicted octanol–water partition coefficient (Wildman–Crippen LogP) is 5.53. The fourth-order valence-corrected chi connectivity index (χ4v) is 4.57. The molecule has 4 rings (SSSR count). The van der Waals surface area contributed by atoms with Crippen molar-refractivity contribution in [2.24, 2.45) is 22.6 Å². The number of rotatable bonds is 5. The SMILES string of the molecule is C#C.C=C/C=C\C.CC.CC1(C)CC(=O)N(C[C@H]2CC2C(=O)NC2CC(C)(C)Oc3cc(F)ccc32)C(N)=N1. The summed E-state index contributed by atoms with van der Waals surface area (Å²) < 4.78 is 19.5. The number of hydrogen-bond acceptors (Lipinski definition) is 5. The normalized spacial score (nSPS) is 23.5. The molecule has 0 aromatic heterocycles. The molecule has 1 aromatic rings. The Bertz CT molecular complexity index is 1090. The van der Waals surface area contributed by atoms with E-state index in [2.05, 4.69) is 29.7 Å². The van der Waals surface area contributed by atoms with E-state index in [1.54, 1.807) is 12.1 Å². The zero-order valence-electron chi connectivity index (χ0n) is 24.5. The Morgan fingerprint density at radius 2 is 1.95 bits per heavy atom. The number of halogens is 1. The van der Waals surface area contributed by atoms with Crippen LogP contribution in [0.4, 0.5) is 4.39 Å². The van der Waals surface area contributed by atoms with Crippen LogP contribution >= 0.6 is 0 Å². The average Bonchev–Trinajstić information content (AvgIpc) is 3.63. The molecule has 214 valence electrons. The van der Waals surface area contributed by atoms with E-state index in [4.69, 9.17) is 10.5 Å². The Balaban J connectivity index is 0.000000748. The Kier molecular flexibility index (Phi) is 12.5. The third-order valence-electron chi connectivity index (χ3n) is 6.33. The molecular weight excluding hydrogens is 495 g/mol.